The first kappa shape index (κ1) is 12.9. The Kier molecular flexibility index (Phi) is 5.82. The van der Waals surface area contributed by atoms with E-state index in [1.54, 1.807) is 0 Å². The van der Waals surface area contributed by atoms with Crippen molar-refractivity contribution < 1.29 is 9.47 Å². The SMILES string of the molecule is CC(CC(N)=S)OCCOc1ccccc1. The number of ether oxygens (including phenoxy) is 2. The van der Waals surface area contributed by atoms with Crippen LogP contribution < -0.4 is 10.5 Å². The van der Waals surface area contributed by atoms with Crippen LogP contribution in [0, 0.1) is 0 Å². The average molecular weight is 239 g/mol. The number of para-hydroxylation sites is 1. The van der Waals surface area contributed by atoms with Crippen molar-refractivity contribution in [1.82, 2.24) is 0 Å². The van der Waals surface area contributed by atoms with Gasteiger partial charge in [0.25, 0.3) is 0 Å². The number of hydrogen-bond acceptors (Lipinski definition) is 3. The van der Waals surface area contributed by atoms with Crippen molar-refractivity contribution in [1.29, 1.82) is 0 Å². The summed E-state index contributed by atoms with van der Waals surface area (Å²) >= 11 is 4.79. The Balaban J connectivity index is 2.10. The van der Waals surface area contributed by atoms with Crippen LogP contribution >= 0.6 is 12.2 Å². The van der Waals surface area contributed by atoms with Crippen molar-refractivity contribution in [3.05, 3.63) is 30.3 Å². The molecule has 4 heteroatoms. The van der Waals surface area contributed by atoms with Gasteiger partial charge in [-0.2, -0.15) is 0 Å². The van der Waals surface area contributed by atoms with Gasteiger partial charge in [-0.15, -0.1) is 0 Å². The van der Waals surface area contributed by atoms with Crippen LogP contribution in [0.5, 0.6) is 5.75 Å². The van der Waals surface area contributed by atoms with Crippen LogP contribution in [-0.2, 0) is 4.74 Å². The van der Waals surface area contributed by atoms with Crippen molar-refractivity contribution in [3.63, 3.8) is 0 Å². The molecule has 1 aromatic carbocycles. The molecular formula is C12H17NO2S. The number of rotatable bonds is 7. The molecule has 3 nitrogen and oxygen atoms in total. The van der Waals surface area contributed by atoms with E-state index < -0.39 is 0 Å². The van der Waals surface area contributed by atoms with Gasteiger partial charge in [0.2, 0.25) is 0 Å². The zero-order valence-corrected chi connectivity index (χ0v) is 10.2. The summed E-state index contributed by atoms with van der Waals surface area (Å²) in [4.78, 5) is 0.483. The number of hydrogen-bond donors (Lipinski definition) is 1. The lowest BCUT2D eigenvalue weighted by molar-refractivity contribution is 0.0489. The predicted octanol–water partition coefficient (Wildman–Crippen LogP) is 2.15. The lowest BCUT2D eigenvalue weighted by atomic mass is 10.3. The highest BCUT2D eigenvalue weighted by Crippen LogP contribution is 2.08. The van der Waals surface area contributed by atoms with E-state index in [4.69, 9.17) is 27.4 Å². The van der Waals surface area contributed by atoms with Crippen molar-refractivity contribution in [2.24, 2.45) is 5.73 Å². The second-order valence-corrected chi connectivity index (χ2v) is 4.04. The van der Waals surface area contributed by atoms with Crippen LogP contribution in [-0.4, -0.2) is 24.3 Å². The highest BCUT2D eigenvalue weighted by atomic mass is 32.1. The van der Waals surface area contributed by atoms with Gasteiger partial charge in [-0.05, 0) is 19.1 Å². The zero-order valence-electron chi connectivity index (χ0n) is 9.39. The monoisotopic (exact) mass is 239 g/mol. The second-order valence-electron chi connectivity index (χ2n) is 3.51. The summed E-state index contributed by atoms with van der Waals surface area (Å²) in [6, 6.07) is 9.65. The number of thiocarbonyl (C=S) groups is 1. The summed E-state index contributed by atoms with van der Waals surface area (Å²) in [5.74, 6) is 0.855. The third kappa shape index (κ3) is 5.68. The smallest absolute Gasteiger partial charge is 0.119 e. The van der Waals surface area contributed by atoms with Crippen molar-refractivity contribution in [2.75, 3.05) is 13.2 Å². The van der Waals surface area contributed by atoms with Gasteiger partial charge in [0.1, 0.15) is 12.4 Å². The summed E-state index contributed by atoms with van der Waals surface area (Å²) in [5, 5.41) is 0. The fraction of sp³-hybridized carbons (Fsp3) is 0.417. The molecule has 88 valence electrons. The largest absolute Gasteiger partial charge is 0.491 e. The first-order valence-electron chi connectivity index (χ1n) is 5.26. The highest BCUT2D eigenvalue weighted by Gasteiger charge is 2.03. The van der Waals surface area contributed by atoms with E-state index in [9.17, 15) is 0 Å². The number of nitrogens with two attached hydrogens (primary N) is 1. The minimum atomic E-state index is 0.0527. The molecule has 1 unspecified atom stereocenters. The first-order chi connectivity index (χ1) is 7.68. The second kappa shape index (κ2) is 7.19. The molecule has 0 aromatic heterocycles. The maximum Gasteiger partial charge on any atom is 0.119 e. The summed E-state index contributed by atoms with van der Waals surface area (Å²) < 4.78 is 11.0. The Bertz CT molecular complexity index is 316. The van der Waals surface area contributed by atoms with Crippen LogP contribution in [0.15, 0.2) is 30.3 Å². The summed E-state index contributed by atoms with van der Waals surface area (Å²) in [7, 11) is 0. The Labute approximate surface area is 102 Å². The summed E-state index contributed by atoms with van der Waals surface area (Å²) in [6.07, 6.45) is 0.664. The number of benzene rings is 1. The molecule has 0 bridgehead atoms. The van der Waals surface area contributed by atoms with E-state index >= 15 is 0 Å². The Hall–Kier alpha value is -1.13. The van der Waals surface area contributed by atoms with Crippen molar-refractivity contribution in [2.45, 2.75) is 19.4 Å². The van der Waals surface area contributed by atoms with Gasteiger partial charge in [0.05, 0.1) is 17.7 Å². The van der Waals surface area contributed by atoms with E-state index in [1.165, 1.54) is 0 Å². The molecule has 1 rings (SSSR count). The summed E-state index contributed by atoms with van der Waals surface area (Å²) in [6.45, 7) is 3.02. The third-order valence-electron chi connectivity index (χ3n) is 1.99. The fourth-order valence-corrected chi connectivity index (χ4v) is 1.50. The Morgan fingerprint density at radius 1 is 1.31 bits per heavy atom. The van der Waals surface area contributed by atoms with Crippen LogP contribution in [0.4, 0.5) is 0 Å². The molecule has 0 saturated carbocycles. The molecular weight excluding hydrogens is 222 g/mol. The summed E-state index contributed by atoms with van der Waals surface area (Å²) in [5.41, 5.74) is 5.41. The molecule has 2 N–H and O–H groups in total. The minimum absolute atomic E-state index is 0.0527. The van der Waals surface area contributed by atoms with Gasteiger partial charge in [-0.3, -0.25) is 0 Å². The van der Waals surface area contributed by atoms with Crippen molar-refractivity contribution in [3.8, 4) is 5.75 Å². The van der Waals surface area contributed by atoms with Crippen LogP contribution in [0.25, 0.3) is 0 Å². The maximum atomic E-state index is 5.48. The predicted molar refractivity (Wildman–Crippen MR) is 68.8 cm³/mol. The quantitative estimate of drug-likeness (QED) is 0.585. The van der Waals surface area contributed by atoms with Gasteiger partial charge in [-0.1, -0.05) is 30.4 Å². The van der Waals surface area contributed by atoms with E-state index in [2.05, 4.69) is 0 Å². The van der Waals surface area contributed by atoms with Gasteiger partial charge < -0.3 is 15.2 Å². The minimum Gasteiger partial charge on any atom is -0.491 e. The molecule has 0 aliphatic rings. The first-order valence-corrected chi connectivity index (χ1v) is 5.67. The Morgan fingerprint density at radius 3 is 2.62 bits per heavy atom. The lowest BCUT2D eigenvalue weighted by Crippen LogP contribution is -2.20. The van der Waals surface area contributed by atoms with Gasteiger partial charge in [0.15, 0.2) is 0 Å². The van der Waals surface area contributed by atoms with Gasteiger partial charge in [-0.25, -0.2) is 0 Å². The van der Waals surface area contributed by atoms with Gasteiger partial charge >= 0.3 is 0 Å². The van der Waals surface area contributed by atoms with Gasteiger partial charge in [0, 0.05) is 6.42 Å². The normalized spacial score (nSPS) is 12.1. The fourth-order valence-electron chi connectivity index (χ4n) is 1.27. The molecule has 0 aliphatic heterocycles. The molecule has 16 heavy (non-hydrogen) atoms. The molecule has 1 atom stereocenters. The standard InChI is InChI=1S/C12H17NO2S/c1-10(9-12(13)16)14-7-8-15-11-5-3-2-4-6-11/h2-6,10H,7-9H2,1H3,(H2,13,16). The molecule has 0 spiro atoms. The Morgan fingerprint density at radius 2 is 2.00 bits per heavy atom. The van der Waals surface area contributed by atoms with E-state index in [1.807, 2.05) is 37.3 Å². The van der Waals surface area contributed by atoms with E-state index in [0.717, 1.165) is 5.75 Å². The topological polar surface area (TPSA) is 44.5 Å². The molecule has 0 radical (unpaired) electrons. The molecule has 0 amide bonds. The zero-order chi connectivity index (χ0) is 11.8. The van der Waals surface area contributed by atoms with E-state index in [-0.39, 0.29) is 6.10 Å². The molecule has 1 aromatic rings. The lowest BCUT2D eigenvalue weighted by Gasteiger charge is -2.12. The highest BCUT2D eigenvalue weighted by molar-refractivity contribution is 7.80. The molecule has 0 aliphatic carbocycles. The van der Waals surface area contributed by atoms with E-state index in [0.29, 0.717) is 24.6 Å². The van der Waals surface area contributed by atoms with Crippen molar-refractivity contribution >= 4 is 17.2 Å². The molecule has 0 saturated heterocycles. The third-order valence-corrected chi connectivity index (χ3v) is 2.15. The molecule has 0 fully saturated rings. The van der Waals surface area contributed by atoms with Crippen LogP contribution in [0.2, 0.25) is 0 Å². The van der Waals surface area contributed by atoms with Crippen LogP contribution in [0.1, 0.15) is 13.3 Å². The average Bonchev–Trinajstić information content (AvgIpc) is 2.25. The molecule has 0 heterocycles. The maximum absolute atomic E-state index is 5.48. The van der Waals surface area contributed by atoms with Crippen LogP contribution in [0.3, 0.4) is 0 Å².